The van der Waals surface area contributed by atoms with Gasteiger partial charge in [-0.05, 0) is 26.8 Å². The standard InChI is InChI=1S/C13H25NO/c1-5-9-11-12(14-7-3)13(10-6-2)15-8-4/h12-14H,6-8,10-11H2,1-4H3. The lowest BCUT2D eigenvalue weighted by molar-refractivity contribution is 0.0297. The van der Waals surface area contributed by atoms with E-state index in [1.54, 1.807) is 0 Å². The fourth-order valence-corrected chi connectivity index (χ4v) is 1.71. The van der Waals surface area contributed by atoms with E-state index in [4.69, 9.17) is 4.74 Å². The molecular formula is C13H25NO. The summed E-state index contributed by atoms with van der Waals surface area (Å²) in [5, 5.41) is 3.46. The summed E-state index contributed by atoms with van der Waals surface area (Å²) < 4.78 is 5.76. The van der Waals surface area contributed by atoms with E-state index in [1.165, 1.54) is 0 Å². The molecule has 0 aromatic rings. The van der Waals surface area contributed by atoms with Crippen molar-refractivity contribution >= 4 is 0 Å². The van der Waals surface area contributed by atoms with E-state index in [0.29, 0.717) is 12.1 Å². The van der Waals surface area contributed by atoms with Crippen LogP contribution in [0.1, 0.15) is 47.0 Å². The van der Waals surface area contributed by atoms with Crippen molar-refractivity contribution in [1.29, 1.82) is 0 Å². The zero-order valence-corrected chi connectivity index (χ0v) is 10.6. The molecule has 0 aliphatic rings. The number of hydrogen-bond donors (Lipinski definition) is 1. The Kier molecular flexibility index (Phi) is 9.67. The van der Waals surface area contributed by atoms with E-state index in [1.807, 2.05) is 6.92 Å². The van der Waals surface area contributed by atoms with E-state index in [2.05, 4.69) is 37.9 Å². The van der Waals surface area contributed by atoms with Crippen LogP contribution >= 0.6 is 0 Å². The number of ether oxygens (including phenoxy) is 1. The lowest BCUT2D eigenvalue weighted by Gasteiger charge is -2.26. The van der Waals surface area contributed by atoms with Crippen molar-refractivity contribution in [3.8, 4) is 11.8 Å². The molecule has 2 heteroatoms. The average molecular weight is 211 g/mol. The summed E-state index contributed by atoms with van der Waals surface area (Å²) in [6.45, 7) is 10.0. The smallest absolute Gasteiger partial charge is 0.0737 e. The molecule has 0 bridgehead atoms. The Balaban J connectivity index is 4.26. The molecule has 0 aliphatic carbocycles. The van der Waals surface area contributed by atoms with Crippen LogP contribution in [-0.2, 0) is 4.74 Å². The first-order valence-electron chi connectivity index (χ1n) is 6.04. The van der Waals surface area contributed by atoms with Gasteiger partial charge in [-0.25, -0.2) is 0 Å². The van der Waals surface area contributed by atoms with Crippen LogP contribution in [0.25, 0.3) is 0 Å². The van der Waals surface area contributed by atoms with Gasteiger partial charge in [0.25, 0.3) is 0 Å². The number of rotatable bonds is 8. The van der Waals surface area contributed by atoms with Crippen molar-refractivity contribution < 1.29 is 4.74 Å². The molecule has 15 heavy (non-hydrogen) atoms. The zero-order chi connectivity index (χ0) is 11.5. The van der Waals surface area contributed by atoms with Crippen LogP contribution < -0.4 is 5.32 Å². The Morgan fingerprint density at radius 3 is 2.47 bits per heavy atom. The molecule has 88 valence electrons. The highest BCUT2D eigenvalue weighted by atomic mass is 16.5. The van der Waals surface area contributed by atoms with Crippen LogP contribution in [0.4, 0.5) is 0 Å². The van der Waals surface area contributed by atoms with Crippen LogP contribution in [-0.4, -0.2) is 25.3 Å². The maximum Gasteiger partial charge on any atom is 0.0737 e. The summed E-state index contributed by atoms with van der Waals surface area (Å²) in [4.78, 5) is 0. The Labute approximate surface area is 94.8 Å². The minimum atomic E-state index is 0.306. The predicted octanol–water partition coefficient (Wildman–Crippen LogP) is 2.58. The first-order chi connectivity index (χ1) is 7.29. The topological polar surface area (TPSA) is 21.3 Å². The lowest BCUT2D eigenvalue weighted by Crippen LogP contribution is -2.41. The molecule has 0 rings (SSSR count). The Morgan fingerprint density at radius 1 is 1.27 bits per heavy atom. The summed E-state index contributed by atoms with van der Waals surface area (Å²) >= 11 is 0. The molecule has 0 heterocycles. The number of nitrogens with one attached hydrogen (secondary N) is 1. The number of likely N-dealkylation sites (N-methyl/N-ethyl adjacent to an activating group) is 1. The second-order valence-electron chi connectivity index (χ2n) is 3.58. The lowest BCUT2D eigenvalue weighted by atomic mass is 10.0. The van der Waals surface area contributed by atoms with E-state index in [0.717, 1.165) is 32.4 Å². The van der Waals surface area contributed by atoms with E-state index < -0.39 is 0 Å². The third kappa shape index (κ3) is 6.54. The van der Waals surface area contributed by atoms with E-state index >= 15 is 0 Å². The molecule has 0 fully saturated rings. The highest BCUT2D eigenvalue weighted by Crippen LogP contribution is 2.10. The minimum absolute atomic E-state index is 0.306. The van der Waals surface area contributed by atoms with Crippen molar-refractivity contribution in [1.82, 2.24) is 5.32 Å². The molecule has 0 amide bonds. The highest BCUT2D eigenvalue weighted by molar-refractivity contribution is 4.99. The maximum absolute atomic E-state index is 5.76. The molecule has 2 nitrogen and oxygen atoms in total. The first kappa shape index (κ1) is 14.5. The van der Waals surface area contributed by atoms with Crippen LogP contribution in [0.15, 0.2) is 0 Å². The molecule has 0 saturated carbocycles. The first-order valence-corrected chi connectivity index (χ1v) is 6.04. The second-order valence-corrected chi connectivity index (χ2v) is 3.58. The molecule has 0 saturated heterocycles. The van der Waals surface area contributed by atoms with Crippen LogP contribution in [0.5, 0.6) is 0 Å². The van der Waals surface area contributed by atoms with Gasteiger partial charge in [0, 0.05) is 19.1 Å². The van der Waals surface area contributed by atoms with Crippen LogP contribution in [0.2, 0.25) is 0 Å². The maximum atomic E-state index is 5.76. The van der Waals surface area contributed by atoms with E-state index in [-0.39, 0.29) is 0 Å². The molecule has 0 radical (unpaired) electrons. The largest absolute Gasteiger partial charge is 0.377 e. The molecule has 0 spiro atoms. The molecular weight excluding hydrogens is 186 g/mol. The normalized spacial score (nSPS) is 14.1. The van der Waals surface area contributed by atoms with Crippen LogP contribution in [0.3, 0.4) is 0 Å². The highest BCUT2D eigenvalue weighted by Gasteiger charge is 2.18. The van der Waals surface area contributed by atoms with Gasteiger partial charge in [0.15, 0.2) is 0 Å². The molecule has 0 aliphatic heterocycles. The predicted molar refractivity (Wildman–Crippen MR) is 65.9 cm³/mol. The Hall–Kier alpha value is -0.520. The van der Waals surface area contributed by atoms with Gasteiger partial charge >= 0.3 is 0 Å². The van der Waals surface area contributed by atoms with Gasteiger partial charge in [-0.2, -0.15) is 0 Å². The number of hydrogen-bond acceptors (Lipinski definition) is 2. The summed E-state index contributed by atoms with van der Waals surface area (Å²) in [5.74, 6) is 6.09. The average Bonchev–Trinajstić information content (AvgIpc) is 2.24. The van der Waals surface area contributed by atoms with Crippen molar-refractivity contribution in [2.75, 3.05) is 13.2 Å². The fourth-order valence-electron chi connectivity index (χ4n) is 1.71. The van der Waals surface area contributed by atoms with Gasteiger partial charge in [-0.15, -0.1) is 11.8 Å². The summed E-state index contributed by atoms with van der Waals surface area (Å²) in [5.41, 5.74) is 0. The Morgan fingerprint density at radius 2 is 2.00 bits per heavy atom. The summed E-state index contributed by atoms with van der Waals surface area (Å²) in [7, 11) is 0. The van der Waals surface area contributed by atoms with Gasteiger partial charge in [0.05, 0.1) is 6.10 Å². The van der Waals surface area contributed by atoms with E-state index in [9.17, 15) is 0 Å². The van der Waals surface area contributed by atoms with Crippen molar-refractivity contribution in [3.63, 3.8) is 0 Å². The minimum Gasteiger partial charge on any atom is -0.377 e. The molecule has 0 aromatic heterocycles. The van der Waals surface area contributed by atoms with Gasteiger partial charge in [0.1, 0.15) is 0 Å². The van der Waals surface area contributed by atoms with Crippen molar-refractivity contribution in [3.05, 3.63) is 0 Å². The van der Waals surface area contributed by atoms with Gasteiger partial charge < -0.3 is 10.1 Å². The molecule has 2 atom stereocenters. The second kappa shape index (κ2) is 10.0. The van der Waals surface area contributed by atoms with Gasteiger partial charge in [-0.3, -0.25) is 0 Å². The third-order valence-electron chi connectivity index (χ3n) is 2.37. The van der Waals surface area contributed by atoms with Crippen molar-refractivity contribution in [2.45, 2.75) is 59.1 Å². The Bertz CT molecular complexity index is 186. The quantitative estimate of drug-likeness (QED) is 0.623. The van der Waals surface area contributed by atoms with Crippen molar-refractivity contribution in [2.24, 2.45) is 0 Å². The SMILES string of the molecule is CC#CCC(NCC)C(CCC)OCC. The summed E-state index contributed by atoms with van der Waals surface area (Å²) in [6, 6.07) is 0.377. The zero-order valence-electron chi connectivity index (χ0n) is 10.6. The van der Waals surface area contributed by atoms with Crippen LogP contribution in [0, 0.1) is 11.8 Å². The monoisotopic (exact) mass is 211 g/mol. The fraction of sp³-hybridized carbons (Fsp3) is 0.846. The van der Waals surface area contributed by atoms with Gasteiger partial charge in [-0.1, -0.05) is 20.3 Å². The summed E-state index contributed by atoms with van der Waals surface area (Å²) in [6.07, 6.45) is 3.46. The molecule has 0 aromatic carbocycles. The third-order valence-corrected chi connectivity index (χ3v) is 2.37. The molecule has 2 unspecified atom stereocenters. The van der Waals surface area contributed by atoms with Gasteiger partial charge in [0.2, 0.25) is 0 Å². The molecule has 1 N–H and O–H groups in total.